The number of anilines is 5. The second kappa shape index (κ2) is 26.2. The molecule has 0 bridgehead atoms. The van der Waals surface area contributed by atoms with Crippen LogP contribution in [0.2, 0.25) is 0 Å². The summed E-state index contributed by atoms with van der Waals surface area (Å²) >= 11 is 0. The third kappa shape index (κ3) is 15.8. The summed E-state index contributed by atoms with van der Waals surface area (Å²) < 4.78 is 0. The average Bonchev–Trinajstić information content (AvgIpc) is 3.35. The first kappa shape index (κ1) is 67.0. The lowest BCUT2D eigenvalue weighted by Crippen LogP contribution is -2.79. The SMILES string of the molecule is CCCCN(c1nc(NCCC[NH2+]c2nc(N(CCCC)C3CC(C)(C)N(C)C(C)(C)C3)nc(N(CCCC)C3CC(C)(C)N(C)C(C)(C)C3)n2)nc(N(CCCC)C2CC(C)(C)N(C)C(C)(C)C2)n1)C1CC(C)(C)N(C)C(C)(C)C1. The third-order valence-corrected chi connectivity index (χ3v) is 21.2. The average molecular weight is 1130 g/mol. The Morgan fingerprint density at radius 1 is 0.370 bits per heavy atom. The second-order valence-electron chi connectivity index (χ2n) is 31.0. The van der Waals surface area contributed by atoms with E-state index in [0.29, 0.717) is 36.7 Å². The van der Waals surface area contributed by atoms with Gasteiger partial charge in [0.15, 0.2) is 0 Å². The van der Waals surface area contributed by atoms with Crippen molar-refractivity contribution < 1.29 is 5.32 Å². The maximum absolute atomic E-state index is 5.63. The molecule has 0 aliphatic carbocycles. The highest BCUT2D eigenvalue weighted by molar-refractivity contribution is 5.48. The number of nitrogens with zero attached hydrogens (tertiary/aromatic N) is 14. The minimum atomic E-state index is 0.0197. The van der Waals surface area contributed by atoms with Crippen LogP contribution in [-0.2, 0) is 0 Å². The molecular weight excluding hydrogens is 1000 g/mol. The van der Waals surface area contributed by atoms with Crippen LogP contribution >= 0.6 is 0 Å². The van der Waals surface area contributed by atoms with Gasteiger partial charge in [-0.05, 0) is 216 Å². The minimum Gasteiger partial charge on any atom is -0.354 e. The molecule has 2 aromatic rings. The van der Waals surface area contributed by atoms with Gasteiger partial charge < -0.3 is 24.9 Å². The van der Waals surface area contributed by atoms with Crippen LogP contribution in [0.15, 0.2) is 0 Å². The summed E-state index contributed by atoms with van der Waals surface area (Å²) in [5, 5.41) is 6.10. The first-order valence-electron chi connectivity index (χ1n) is 32.7. The molecule has 81 heavy (non-hydrogen) atoms. The van der Waals surface area contributed by atoms with Crippen LogP contribution in [0.25, 0.3) is 0 Å². The van der Waals surface area contributed by atoms with Crippen LogP contribution in [0, 0.1) is 0 Å². The Hall–Kier alpha value is -3.18. The van der Waals surface area contributed by atoms with E-state index in [4.69, 9.17) is 29.9 Å². The Kier molecular flexibility index (Phi) is 21.7. The van der Waals surface area contributed by atoms with E-state index in [1.807, 2.05) is 0 Å². The summed E-state index contributed by atoms with van der Waals surface area (Å²) in [6.45, 7) is 53.0. The lowest BCUT2D eigenvalue weighted by atomic mass is 9.77. The third-order valence-electron chi connectivity index (χ3n) is 21.2. The van der Waals surface area contributed by atoms with E-state index in [1.165, 1.54) is 0 Å². The Labute approximate surface area is 496 Å². The van der Waals surface area contributed by atoms with Crippen LogP contribution in [0.1, 0.15) is 248 Å². The van der Waals surface area contributed by atoms with Crippen molar-refractivity contribution in [2.24, 2.45) is 0 Å². The number of piperidine rings is 4. The molecular formula is C65H125N16+. The van der Waals surface area contributed by atoms with Crippen molar-refractivity contribution in [3.63, 3.8) is 0 Å². The van der Waals surface area contributed by atoms with E-state index < -0.39 is 0 Å². The van der Waals surface area contributed by atoms with Crippen LogP contribution in [0.4, 0.5) is 35.7 Å². The Balaban J connectivity index is 1.37. The number of unbranched alkanes of at least 4 members (excludes halogenated alkanes) is 4. The molecule has 0 radical (unpaired) electrons. The van der Waals surface area contributed by atoms with Crippen molar-refractivity contribution in [3.05, 3.63) is 0 Å². The molecule has 0 spiro atoms. The quantitative estimate of drug-likeness (QED) is 0.0866. The summed E-state index contributed by atoms with van der Waals surface area (Å²) in [5.41, 5.74) is 0.175. The van der Waals surface area contributed by atoms with Gasteiger partial charge >= 0.3 is 5.95 Å². The monoisotopic (exact) mass is 1130 g/mol. The van der Waals surface area contributed by atoms with Gasteiger partial charge in [-0.1, -0.05) is 53.4 Å². The summed E-state index contributed by atoms with van der Waals surface area (Å²) in [6, 6.07) is 1.19. The fourth-order valence-corrected chi connectivity index (χ4v) is 15.2. The Morgan fingerprint density at radius 2 is 0.605 bits per heavy atom. The molecule has 4 aliphatic rings. The van der Waals surface area contributed by atoms with Crippen molar-refractivity contribution in [3.8, 4) is 0 Å². The van der Waals surface area contributed by atoms with E-state index in [-0.39, 0.29) is 44.3 Å². The molecule has 16 heteroatoms. The highest BCUT2D eigenvalue weighted by Gasteiger charge is 2.50. The number of aromatic nitrogens is 6. The first-order valence-corrected chi connectivity index (χ1v) is 32.7. The first-order chi connectivity index (χ1) is 37.6. The van der Waals surface area contributed by atoms with Crippen LogP contribution in [0.3, 0.4) is 0 Å². The molecule has 0 atom stereocenters. The van der Waals surface area contributed by atoms with Gasteiger partial charge in [0.2, 0.25) is 29.7 Å². The summed E-state index contributed by atoms with van der Waals surface area (Å²) in [6.07, 6.45) is 18.0. The summed E-state index contributed by atoms with van der Waals surface area (Å²) in [5.74, 6) is 4.76. The number of rotatable bonds is 26. The molecule has 4 fully saturated rings. The van der Waals surface area contributed by atoms with Crippen molar-refractivity contribution in [2.45, 2.75) is 316 Å². The van der Waals surface area contributed by atoms with Gasteiger partial charge in [0.1, 0.15) is 0 Å². The number of hydrogen-bond donors (Lipinski definition) is 2. The molecule has 3 N–H and O–H groups in total. The Morgan fingerprint density at radius 3 is 0.840 bits per heavy atom. The maximum Gasteiger partial charge on any atom is 0.332 e. The van der Waals surface area contributed by atoms with Gasteiger partial charge in [-0.3, -0.25) is 24.9 Å². The molecule has 6 heterocycles. The molecule has 16 nitrogen and oxygen atoms in total. The van der Waals surface area contributed by atoms with Crippen molar-refractivity contribution in [1.82, 2.24) is 49.5 Å². The van der Waals surface area contributed by atoms with Crippen molar-refractivity contribution >= 4 is 35.7 Å². The van der Waals surface area contributed by atoms with Gasteiger partial charge in [0, 0.05) is 108 Å². The highest BCUT2D eigenvalue weighted by Crippen LogP contribution is 2.45. The predicted molar refractivity (Wildman–Crippen MR) is 344 cm³/mol. The summed E-state index contributed by atoms with van der Waals surface area (Å²) in [4.78, 5) is 53.8. The van der Waals surface area contributed by atoms with Gasteiger partial charge in [-0.2, -0.15) is 19.9 Å². The van der Waals surface area contributed by atoms with Gasteiger partial charge in [-0.15, -0.1) is 9.97 Å². The number of likely N-dealkylation sites (tertiary alicyclic amines) is 4. The smallest absolute Gasteiger partial charge is 0.332 e. The molecule has 0 aromatic carbocycles. The number of hydrogen-bond acceptors (Lipinski definition) is 15. The number of quaternary nitrogens is 1. The fourth-order valence-electron chi connectivity index (χ4n) is 15.2. The van der Waals surface area contributed by atoms with Crippen LogP contribution < -0.4 is 30.2 Å². The fraction of sp³-hybridized carbons (Fsp3) is 0.908. The Bertz CT molecular complexity index is 1930. The zero-order chi connectivity index (χ0) is 60.3. The molecule has 0 amide bonds. The van der Waals surface area contributed by atoms with Crippen molar-refractivity contribution in [1.29, 1.82) is 0 Å². The van der Waals surface area contributed by atoms with E-state index >= 15 is 0 Å². The number of nitrogens with one attached hydrogen (secondary N) is 1. The van der Waals surface area contributed by atoms with Crippen molar-refractivity contribution in [2.75, 3.05) is 92.4 Å². The standard InChI is InChI=1S/C65H124N16/c1-25-29-36-78(48-40-58(5,6)74(21)59(7,8)41-48)54-68-52(69-55(72-54)79(37-30-26-2)49-42-60(9,10)75(22)61(11,12)43-49)66-34-33-35-67-53-70-56(80(38-31-27-3)50-44-62(13,14)76(23)63(15,16)45-50)73-57(71-53)81(39-32-28-4)51-46-64(17,18)77(24)65(19,20)47-51/h48-51H,25-47H2,1-24H3,(H,66,68,69,72)(H,67,70,71,73)/p+1. The van der Waals surface area contributed by atoms with Crippen LogP contribution in [-0.4, -0.2) is 185 Å². The lowest BCUT2D eigenvalue weighted by Gasteiger charge is -2.56. The zero-order valence-corrected chi connectivity index (χ0v) is 56.9. The zero-order valence-electron chi connectivity index (χ0n) is 56.9. The molecule has 6 rings (SSSR count). The van der Waals surface area contributed by atoms with E-state index in [2.05, 4.69) is 216 Å². The second-order valence-corrected chi connectivity index (χ2v) is 31.0. The molecule has 0 unspecified atom stereocenters. The van der Waals surface area contributed by atoms with Gasteiger partial charge in [0.05, 0.1) is 6.54 Å². The molecule has 0 saturated carbocycles. The van der Waals surface area contributed by atoms with Crippen LogP contribution in [0.5, 0.6) is 0 Å². The topological polar surface area (TPSA) is 132 Å². The lowest BCUT2D eigenvalue weighted by molar-refractivity contribution is -0.578. The maximum atomic E-state index is 5.63. The largest absolute Gasteiger partial charge is 0.354 e. The van der Waals surface area contributed by atoms with Gasteiger partial charge in [0.25, 0.3) is 0 Å². The van der Waals surface area contributed by atoms with E-state index in [9.17, 15) is 0 Å². The van der Waals surface area contributed by atoms with E-state index in [1.54, 1.807) is 0 Å². The normalized spacial score (nSPS) is 23.4. The summed E-state index contributed by atoms with van der Waals surface area (Å²) in [7, 11) is 9.23. The number of nitrogens with two attached hydrogens (primary N) is 1. The molecule has 4 aliphatic heterocycles. The van der Waals surface area contributed by atoms with E-state index in [0.717, 1.165) is 172 Å². The van der Waals surface area contributed by atoms with Gasteiger partial charge in [-0.25, -0.2) is 0 Å². The minimum absolute atomic E-state index is 0.0197. The predicted octanol–water partition coefficient (Wildman–Crippen LogP) is 11.8. The molecule has 2 aromatic heterocycles. The highest BCUT2D eigenvalue weighted by atomic mass is 15.4. The molecule has 4 saturated heterocycles. The molecule has 464 valence electrons.